The van der Waals surface area contributed by atoms with Crippen LogP contribution in [0.3, 0.4) is 0 Å². The molecule has 0 bridgehead atoms. The number of H-pyrrole nitrogens is 1. The van der Waals surface area contributed by atoms with E-state index in [1.807, 2.05) is 4.90 Å². The number of likely N-dealkylation sites (tertiary alicyclic amines) is 1. The van der Waals surface area contributed by atoms with Crippen molar-refractivity contribution >= 4 is 29.3 Å². The van der Waals surface area contributed by atoms with Gasteiger partial charge in [-0.15, -0.1) is 0 Å². The molecule has 0 radical (unpaired) electrons. The van der Waals surface area contributed by atoms with Gasteiger partial charge in [-0.1, -0.05) is 6.07 Å². The highest BCUT2D eigenvalue weighted by Crippen LogP contribution is 2.27. The first-order chi connectivity index (χ1) is 20.7. The highest BCUT2D eigenvalue weighted by atomic mass is 19.1. The van der Waals surface area contributed by atoms with E-state index >= 15 is 0 Å². The monoisotopic (exact) mass is 586 g/mol. The number of carboxylic acid groups (broad SMARTS) is 1. The number of benzene rings is 2. The lowest BCUT2D eigenvalue weighted by atomic mass is 10.2. The molecule has 2 aromatic carbocycles. The van der Waals surface area contributed by atoms with Crippen LogP contribution in [0.5, 0.6) is 11.5 Å². The van der Waals surface area contributed by atoms with E-state index < -0.39 is 23.9 Å². The molecule has 0 unspecified atom stereocenters. The van der Waals surface area contributed by atoms with Gasteiger partial charge in [0.05, 0.1) is 22.6 Å². The highest BCUT2D eigenvalue weighted by molar-refractivity contribution is 6.00. The minimum Gasteiger partial charge on any atom is -0.480 e. The van der Waals surface area contributed by atoms with E-state index in [0.717, 1.165) is 12.0 Å². The summed E-state index contributed by atoms with van der Waals surface area (Å²) in [7, 11) is 0. The fourth-order valence-electron chi connectivity index (χ4n) is 4.85. The maximum Gasteiger partial charge on any atom is 0.323 e. The van der Waals surface area contributed by atoms with E-state index in [1.54, 1.807) is 73.9 Å². The largest absolute Gasteiger partial charge is 0.480 e. The number of carboxylic acids is 1. The van der Waals surface area contributed by atoms with Gasteiger partial charge in [0, 0.05) is 37.2 Å². The summed E-state index contributed by atoms with van der Waals surface area (Å²) < 4.78 is 19.9. The number of carbonyl (C=O) groups excluding carboxylic acids is 2. The van der Waals surface area contributed by atoms with Crippen LogP contribution >= 0.6 is 0 Å². The summed E-state index contributed by atoms with van der Waals surface area (Å²) in [6.45, 7) is 3.33. The number of ether oxygens (including phenoxy) is 1. The molecule has 11 nitrogen and oxygen atoms in total. The first-order valence-electron chi connectivity index (χ1n) is 13.8. The molecule has 12 heteroatoms. The number of urea groups is 1. The molecule has 3 amide bonds. The Bertz CT molecular complexity index is 1620. The Hall–Kier alpha value is -5.23. The molecular weight excluding hydrogens is 555 g/mol. The van der Waals surface area contributed by atoms with Crippen LogP contribution in [-0.2, 0) is 4.79 Å². The Morgan fingerprint density at radius 1 is 1.07 bits per heavy atom. The molecule has 1 aliphatic rings. The summed E-state index contributed by atoms with van der Waals surface area (Å²) in [6.07, 6.45) is 4.64. The standard InChI is InChI=1S/C31H31FN6O5/c1-19-4-9-24(32)25(15-19)37-31(42)36-21-5-7-22(8-6-21)43-23-10-11-33-27(17-23)26-16-20(18-35-26)29(39)34-12-14-38-13-2-3-28(38)30(40)41/h4-11,15-18,28,35H,2-3,12-14H2,1H3,(H,34,39)(H,40,41)(H2,36,37,42)/t28-/m0/s1. The maximum atomic E-state index is 13.9. The third kappa shape index (κ3) is 7.54. The predicted octanol–water partition coefficient (Wildman–Crippen LogP) is 5.24. The Kier molecular flexibility index (Phi) is 8.96. The van der Waals surface area contributed by atoms with Crippen LogP contribution in [0.25, 0.3) is 11.4 Å². The molecule has 5 N–H and O–H groups in total. The Balaban J connectivity index is 1.14. The molecule has 222 valence electrons. The van der Waals surface area contributed by atoms with E-state index in [4.69, 9.17) is 4.74 Å². The van der Waals surface area contributed by atoms with Gasteiger partial charge in [0.25, 0.3) is 5.91 Å². The highest BCUT2D eigenvalue weighted by Gasteiger charge is 2.29. The topological polar surface area (TPSA) is 149 Å². The molecule has 1 aliphatic heterocycles. The molecule has 1 saturated heterocycles. The number of nitrogens with one attached hydrogen (secondary N) is 4. The Labute approximate surface area is 247 Å². The van der Waals surface area contributed by atoms with Crippen molar-refractivity contribution in [3.63, 3.8) is 0 Å². The number of carbonyl (C=O) groups is 3. The molecule has 1 atom stereocenters. The lowest BCUT2D eigenvalue weighted by Gasteiger charge is -2.20. The fraction of sp³-hybridized carbons (Fsp3) is 0.226. The van der Waals surface area contributed by atoms with Crippen LogP contribution < -0.4 is 20.7 Å². The van der Waals surface area contributed by atoms with Gasteiger partial charge in [-0.05, 0) is 80.4 Å². The van der Waals surface area contributed by atoms with Crippen LogP contribution in [-0.4, -0.2) is 63.6 Å². The molecule has 4 aromatic rings. The first-order valence-corrected chi connectivity index (χ1v) is 13.8. The Morgan fingerprint density at radius 2 is 1.88 bits per heavy atom. The van der Waals surface area contributed by atoms with Crippen molar-refractivity contribution in [1.82, 2.24) is 20.2 Å². The van der Waals surface area contributed by atoms with Crippen molar-refractivity contribution in [3.8, 4) is 22.9 Å². The fourth-order valence-corrected chi connectivity index (χ4v) is 4.85. The van der Waals surface area contributed by atoms with Crippen LogP contribution in [0.15, 0.2) is 73.1 Å². The zero-order valence-corrected chi connectivity index (χ0v) is 23.4. The van der Waals surface area contributed by atoms with Gasteiger partial charge in [-0.25, -0.2) is 9.18 Å². The minimum absolute atomic E-state index is 0.0916. The minimum atomic E-state index is -0.829. The summed E-state index contributed by atoms with van der Waals surface area (Å²) in [5.74, 6) is -0.595. The summed E-state index contributed by atoms with van der Waals surface area (Å²) in [5.41, 5.74) is 3.02. The number of aromatic amines is 1. The second kappa shape index (κ2) is 13.2. The number of rotatable bonds is 10. The number of halogens is 1. The zero-order chi connectivity index (χ0) is 30.3. The number of hydrogen-bond acceptors (Lipinski definition) is 6. The van der Waals surface area contributed by atoms with Crippen molar-refractivity contribution in [2.75, 3.05) is 30.3 Å². The number of aromatic nitrogens is 2. The van der Waals surface area contributed by atoms with Crippen LogP contribution in [0.2, 0.25) is 0 Å². The normalized spacial score (nSPS) is 14.7. The summed E-state index contributed by atoms with van der Waals surface area (Å²) in [6, 6.07) is 15.2. The molecule has 5 rings (SSSR count). The lowest BCUT2D eigenvalue weighted by molar-refractivity contribution is -0.142. The SMILES string of the molecule is Cc1ccc(F)c(NC(=O)Nc2ccc(Oc3ccnc(-c4cc(C(=O)NCCN5CCC[C@H]5C(=O)O)c[nH]4)c3)cc2)c1. The molecular formula is C31H31FN6O5. The van der Waals surface area contributed by atoms with Gasteiger partial charge in [0.1, 0.15) is 23.4 Å². The van der Waals surface area contributed by atoms with Crippen molar-refractivity contribution < 1.29 is 28.6 Å². The average molecular weight is 587 g/mol. The predicted molar refractivity (Wildman–Crippen MR) is 159 cm³/mol. The average Bonchev–Trinajstić information content (AvgIpc) is 3.67. The smallest absolute Gasteiger partial charge is 0.323 e. The van der Waals surface area contributed by atoms with Crippen molar-refractivity contribution in [1.29, 1.82) is 0 Å². The molecule has 0 aliphatic carbocycles. The molecule has 3 heterocycles. The van der Waals surface area contributed by atoms with E-state index in [9.17, 15) is 23.9 Å². The van der Waals surface area contributed by atoms with Gasteiger partial charge in [-0.2, -0.15) is 0 Å². The Morgan fingerprint density at radius 3 is 2.67 bits per heavy atom. The number of aryl methyl sites for hydroxylation is 1. The van der Waals surface area contributed by atoms with Gasteiger partial charge in [0.15, 0.2) is 0 Å². The number of hydrogen-bond donors (Lipinski definition) is 5. The maximum absolute atomic E-state index is 13.9. The molecule has 1 fully saturated rings. The molecule has 43 heavy (non-hydrogen) atoms. The first kappa shape index (κ1) is 29.3. The van der Waals surface area contributed by atoms with Crippen molar-refractivity contribution in [3.05, 3.63) is 90.0 Å². The van der Waals surface area contributed by atoms with Gasteiger partial charge in [-0.3, -0.25) is 19.5 Å². The van der Waals surface area contributed by atoms with E-state index in [0.29, 0.717) is 60.2 Å². The lowest BCUT2D eigenvalue weighted by Crippen LogP contribution is -2.41. The molecule has 0 spiro atoms. The number of pyridine rings is 1. The van der Waals surface area contributed by atoms with Crippen LogP contribution in [0.4, 0.5) is 20.6 Å². The van der Waals surface area contributed by atoms with Gasteiger partial charge >= 0.3 is 12.0 Å². The third-order valence-electron chi connectivity index (χ3n) is 7.00. The number of nitrogens with zero attached hydrogens (tertiary/aromatic N) is 2. The summed E-state index contributed by atoms with van der Waals surface area (Å²) in [5, 5.41) is 17.3. The van der Waals surface area contributed by atoms with E-state index in [2.05, 4.69) is 25.9 Å². The van der Waals surface area contributed by atoms with Crippen LogP contribution in [0, 0.1) is 12.7 Å². The van der Waals surface area contributed by atoms with Gasteiger partial charge < -0.3 is 30.8 Å². The quantitative estimate of drug-likeness (QED) is 0.171. The van der Waals surface area contributed by atoms with Crippen molar-refractivity contribution in [2.45, 2.75) is 25.8 Å². The van der Waals surface area contributed by atoms with Gasteiger partial charge in [0.2, 0.25) is 0 Å². The summed E-state index contributed by atoms with van der Waals surface area (Å²) in [4.78, 5) is 45.6. The second-order valence-corrected chi connectivity index (χ2v) is 10.2. The van der Waals surface area contributed by atoms with Crippen molar-refractivity contribution in [2.24, 2.45) is 0 Å². The number of anilines is 2. The third-order valence-corrected chi connectivity index (χ3v) is 7.00. The number of amides is 3. The summed E-state index contributed by atoms with van der Waals surface area (Å²) >= 11 is 0. The van der Waals surface area contributed by atoms with Crippen LogP contribution in [0.1, 0.15) is 28.8 Å². The second-order valence-electron chi connectivity index (χ2n) is 10.2. The zero-order valence-electron chi connectivity index (χ0n) is 23.4. The number of aliphatic carboxylic acids is 1. The van der Waals surface area contributed by atoms with E-state index in [1.165, 1.54) is 6.07 Å². The molecule has 0 saturated carbocycles. The molecule has 2 aromatic heterocycles. The van der Waals surface area contributed by atoms with E-state index in [-0.39, 0.29) is 11.6 Å².